The summed E-state index contributed by atoms with van der Waals surface area (Å²) >= 11 is 0. The third kappa shape index (κ3) is 9.16. The molecule has 0 fully saturated rings. The maximum atomic E-state index is 12.6. The van der Waals surface area contributed by atoms with Crippen molar-refractivity contribution in [1.29, 1.82) is 0 Å². The number of hydrogen-bond donors (Lipinski definition) is 3. The second kappa shape index (κ2) is 11.7. The Labute approximate surface area is 165 Å². The highest BCUT2D eigenvalue weighted by atomic mass is 16.5. The summed E-state index contributed by atoms with van der Waals surface area (Å²) in [4.78, 5) is 47.4. The molecule has 1 rings (SSSR count). The van der Waals surface area contributed by atoms with Crippen molar-refractivity contribution >= 4 is 23.7 Å². The third-order valence-electron chi connectivity index (χ3n) is 3.97. The first kappa shape index (κ1) is 23.1. The van der Waals surface area contributed by atoms with Gasteiger partial charge < -0.3 is 25.9 Å². The van der Waals surface area contributed by atoms with Crippen LogP contribution in [0.15, 0.2) is 30.3 Å². The van der Waals surface area contributed by atoms with Crippen LogP contribution in [0.5, 0.6) is 0 Å². The van der Waals surface area contributed by atoms with Crippen molar-refractivity contribution in [3.63, 3.8) is 0 Å². The highest BCUT2D eigenvalue weighted by Gasteiger charge is 2.26. The van der Waals surface area contributed by atoms with E-state index in [1.807, 2.05) is 44.2 Å². The molecule has 0 saturated carbocycles. The van der Waals surface area contributed by atoms with Crippen LogP contribution in [0.4, 0.5) is 4.79 Å². The van der Waals surface area contributed by atoms with E-state index in [2.05, 4.69) is 10.6 Å². The molecule has 0 bridgehead atoms. The highest BCUT2D eigenvalue weighted by Crippen LogP contribution is 2.08. The van der Waals surface area contributed by atoms with Crippen LogP contribution in [0.3, 0.4) is 0 Å². The molecule has 8 heteroatoms. The summed E-state index contributed by atoms with van der Waals surface area (Å²) < 4.78 is 5.16. The van der Waals surface area contributed by atoms with Gasteiger partial charge in [0.05, 0.1) is 0 Å². The Morgan fingerprint density at radius 2 is 1.68 bits per heavy atom. The van der Waals surface area contributed by atoms with Crippen LogP contribution in [-0.2, 0) is 25.7 Å². The second-order valence-corrected chi connectivity index (χ2v) is 7.09. The molecule has 154 valence electrons. The maximum absolute atomic E-state index is 12.6. The lowest BCUT2D eigenvalue weighted by Crippen LogP contribution is -2.53. The predicted octanol–water partition coefficient (Wildman–Crippen LogP) is 1.67. The van der Waals surface area contributed by atoms with Crippen molar-refractivity contribution in [2.24, 2.45) is 11.7 Å². The van der Waals surface area contributed by atoms with Gasteiger partial charge >= 0.3 is 6.09 Å². The number of carbonyl (C=O) groups is 4. The van der Waals surface area contributed by atoms with Crippen molar-refractivity contribution < 1.29 is 23.9 Å². The molecule has 2 atom stereocenters. The van der Waals surface area contributed by atoms with Crippen LogP contribution in [-0.4, -0.2) is 35.8 Å². The molecule has 0 aliphatic rings. The van der Waals surface area contributed by atoms with E-state index < -0.39 is 30.0 Å². The van der Waals surface area contributed by atoms with Crippen molar-refractivity contribution in [1.82, 2.24) is 10.6 Å². The third-order valence-corrected chi connectivity index (χ3v) is 3.97. The molecule has 1 aromatic rings. The number of hydrogen-bond acceptors (Lipinski definition) is 5. The fourth-order valence-electron chi connectivity index (χ4n) is 2.52. The van der Waals surface area contributed by atoms with Crippen LogP contribution in [0.2, 0.25) is 0 Å². The standard InChI is InChI=1S/C20H29N3O5/c1-13(2)11-17(19(26)22-16(18(21)25)10-9-14(3)24)23-20(27)28-12-15-7-5-4-6-8-15/h4-8,13,16-17H,9-12H2,1-3H3,(H2,21,25)(H,22,26)(H,23,27)/t16-,17-/m0/s1. The van der Waals surface area contributed by atoms with Crippen LogP contribution in [0, 0.1) is 5.92 Å². The minimum Gasteiger partial charge on any atom is -0.445 e. The summed E-state index contributed by atoms with van der Waals surface area (Å²) in [6, 6.07) is 7.28. The molecule has 0 unspecified atom stereocenters. The fraction of sp³-hybridized carbons (Fsp3) is 0.500. The Morgan fingerprint density at radius 3 is 2.21 bits per heavy atom. The largest absolute Gasteiger partial charge is 0.445 e. The molecular formula is C20H29N3O5. The Hall–Kier alpha value is -2.90. The van der Waals surface area contributed by atoms with Crippen molar-refractivity contribution in [3.05, 3.63) is 35.9 Å². The van der Waals surface area contributed by atoms with Gasteiger partial charge in [-0.25, -0.2) is 4.79 Å². The summed E-state index contributed by atoms with van der Waals surface area (Å²) in [7, 11) is 0. The molecule has 0 aromatic heterocycles. The summed E-state index contributed by atoms with van der Waals surface area (Å²) in [5.74, 6) is -1.28. The molecule has 3 amide bonds. The van der Waals surface area contributed by atoms with E-state index in [1.165, 1.54) is 6.92 Å². The van der Waals surface area contributed by atoms with Crippen LogP contribution in [0.1, 0.15) is 45.6 Å². The minimum absolute atomic E-state index is 0.0746. The van der Waals surface area contributed by atoms with Gasteiger partial charge in [0.25, 0.3) is 0 Å². The van der Waals surface area contributed by atoms with Crippen LogP contribution in [0.25, 0.3) is 0 Å². The van der Waals surface area contributed by atoms with Gasteiger partial charge in [-0.1, -0.05) is 44.2 Å². The maximum Gasteiger partial charge on any atom is 0.408 e. The van der Waals surface area contributed by atoms with Gasteiger partial charge in [0.2, 0.25) is 11.8 Å². The molecule has 0 aliphatic heterocycles. The fourth-order valence-corrected chi connectivity index (χ4v) is 2.52. The summed E-state index contributed by atoms with van der Waals surface area (Å²) in [5.41, 5.74) is 6.13. The highest BCUT2D eigenvalue weighted by molar-refractivity contribution is 5.91. The van der Waals surface area contributed by atoms with E-state index in [9.17, 15) is 19.2 Å². The summed E-state index contributed by atoms with van der Waals surface area (Å²) in [6.07, 6.45) is -0.146. The molecule has 8 nitrogen and oxygen atoms in total. The number of primary amides is 1. The Kier molecular flexibility index (Phi) is 9.70. The van der Waals surface area contributed by atoms with Crippen molar-refractivity contribution in [2.45, 2.75) is 58.7 Å². The number of amides is 3. The van der Waals surface area contributed by atoms with Gasteiger partial charge in [-0.3, -0.25) is 9.59 Å². The number of carbonyl (C=O) groups excluding carboxylic acids is 4. The Bertz CT molecular complexity index is 676. The molecule has 0 heterocycles. The van der Waals surface area contributed by atoms with Gasteiger partial charge in [-0.2, -0.15) is 0 Å². The van der Waals surface area contributed by atoms with E-state index in [0.29, 0.717) is 6.42 Å². The zero-order valence-corrected chi connectivity index (χ0v) is 16.6. The number of rotatable bonds is 11. The van der Waals surface area contributed by atoms with Crippen LogP contribution < -0.4 is 16.4 Å². The zero-order chi connectivity index (χ0) is 21.1. The van der Waals surface area contributed by atoms with E-state index in [4.69, 9.17) is 10.5 Å². The van der Waals surface area contributed by atoms with Crippen molar-refractivity contribution in [2.75, 3.05) is 0 Å². The number of Topliss-reactive ketones (excluding diaryl/α,β-unsaturated/α-hetero) is 1. The SMILES string of the molecule is CC(=O)CC[C@H](NC(=O)[C@H](CC(C)C)NC(=O)OCc1ccccc1)C(N)=O. The normalized spacial score (nSPS) is 12.7. The number of ketones is 1. The molecule has 0 saturated heterocycles. The first-order valence-electron chi connectivity index (χ1n) is 9.25. The van der Waals surface area contributed by atoms with Crippen molar-refractivity contribution in [3.8, 4) is 0 Å². The van der Waals surface area contributed by atoms with Gasteiger partial charge in [0.1, 0.15) is 24.5 Å². The average molecular weight is 391 g/mol. The number of nitrogens with one attached hydrogen (secondary N) is 2. The first-order chi connectivity index (χ1) is 13.2. The van der Waals surface area contributed by atoms with E-state index in [1.54, 1.807) is 0 Å². The van der Waals surface area contributed by atoms with Gasteiger partial charge in [0.15, 0.2) is 0 Å². The smallest absolute Gasteiger partial charge is 0.408 e. The Morgan fingerprint density at radius 1 is 1.04 bits per heavy atom. The van der Waals surface area contributed by atoms with E-state index in [0.717, 1.165) is 5.56 Å². The molecule has 0 radical (unpaired) electrons. The predicted molar refractivity (Wildman–Crippen MR) is 104 cm³/mol. The second-order valence-electron chi connectivity index (χ2n) is 7.09. The monoisotopic (exact) mass is 391 g/mol. The molecule has 0 aliphatic carbocycles. The zero-order valence-electron chi connectivity index (χ0n) is 16.6. The Balaban J connectivity index is 2.68. The number of alkyl carbamates (subject to hydrolysis) is 1. The minimum atomic E-state index is -0.979. The number of ether oxygens (including phenoxy) is 1. The molecule has 1 aromatic carbocycles. The average Bonchev–Trinajstić information content (AvgIpc) is 2.62. The van der Waals surface area contributed by atoms with E-state index in [-0.39, 0.29) is 31.1 Å². The lowest BCUT2D eigenvalue weighted by Gasteiger charge is -2.22. The lowest BCUT2D eigenvalue weighted by atomic mass is 10.0. The number of benzene rings is 1. The van der Waals surface area contributed by atoms with E-state index >= 15 is 0 Å². The van der Waals surface area contributed by atoms with Gasteiger partial charge in [-0.05, 0) is 31.2 Å². The molecule has 0 spiro atoms. The molecular weight excluding hydrogens is 362 g/mol. The molecule has 28 heavy (non-hydrogen) atoms. The van der Waals surface area contributed by atoms with Crippen LogP contribution >= 0.6 is 0 Å². The van der Waals surface area contributed by atoms with Gasteiger partial charge in [0, 0.05) is 6.42 Å². The summed E-state index contributed by atoms with van der Waals surface area (Å²) in [6.45, 7) is 5.27. The lowest BCUT2D eigenvalue weighted by molar-refractivity contribution is -0.129. The summed E-state index contributed by atoms with van der Waals surface area (Å²) in [5, 5.41) is 5.06. The van der Waals surface area contributed by atoms with Gasteiger partial charge in [-0.15, -0.1) is 0 Å². The first-order valence-corrected chi connectivity index (χ1v) is 9.25. The number of nitrogens with two attached hydrogens (primary N) is 1. The molecule has 4 N–H and O–H groups in total. The quantitative estimate of drug-likeness (QED) is 0.529. The topological polar surface area (TPSA) is 128 Å².